The maximum Gasteiger partial charge on any atom is 0.306 e. The van der Waals surface area contributed by atoms with E-state index in [1.54, 1.807) is 39.8 Å². The first kappa shape index (κ1) is 52.6. The van der Waals surface area contributed by atoms with Crippen molar-refractivity contribution in [3.8, 4) is 5.75 Å². The number of ketones is 1. The molecule has 1 aromatic carbocycles. The van der Waals surface area contributed by atoms with Gasteiger partial charge in [-0.3, -0.25) is 33.6 Å². The quantitative estimate of drug-likeness (QED) is 0.113. The van der Waals surface area contributed by atoms with Gasteiger partial charge in [0, 0.05) is 32.4 Å². The number of rotatable bonds is 21. The molecule has 0 spiro atoms. The Morgan fingerprint density at radius 3 is 1.95 bits per heavy atom. The third kappa shape index (κ3) is 18.5. The highest BCUT2D eigenvalue weighted by Gasteiger charge is 2.42. The highest BCUT2D eigenvalue weighted by molar-refractivity contribution is 5.98. The van der Waals surface area contributed by atoms with Crippen molar-refractivity contribution in [2.24, 2.45) is 17.6 Å². The van der Waals surface area contributed by atoms with E-state index in [0.29, 0.717) is 12.2 Å². The molecule has 0 saturated carbocycles. The second-order valence-electron chi connectivity index (χ2n) is 19.5. The number of likely N-dealkylation sites (tertiary alicyclic amines) is 1. The molecule has 0 aromatic heterocycles. The molecule has 16 nitrogen and oxygen atoms in total. The fraction of sp³-hybridized carbons (Fsp3) is 0.711. The number of esters is 1. The topological polar surface area (TPSA) is 225 Å². The van der Waals surface area contributed by atoms with Gasteiger partial charge in [-0.2, -0.15) is 0 Å². The van der Waals surface area contributed by atoms with Crippen molar-refractivity contribution in [1.29, 1.82) is 0 Å². The maximum atomic E-state index is 14.2. The van der Waals surface area contributed by atoms with Crippen molar-refractivity contribution in [2.75, 3.05) is 13.6 Å². The van der Waals surface area contributed by atoms with Crippen molar-refractivity contribution in [2.45, 2.75) is 182 Å². The molecule has 1 aliphatic rings. The van der Waals surface area contributed by atoms with Crippen LogP contribution in [0.5, 0.6) is 5.75 Å². The number of carbonyl (C=O) groups is 7. The van der Waals surface area contributed by atoms with Crippen molar-refractivity contribution >= 4 is 41.3 Å². The first-order chi connectivity index (χ1) is 28.0. The van der Waals surface area contributed by atoms with Gasteiger partial charge in [0.2, 0.25) is 29.5 Å². The fourth-order valence-electron chi connectivity index (χ4n) is 7.06. The Labute approximate surface area is 362 Å². The summed E-state index contributed by atoms with van der Waals surface area (Å²) in [5.74, 6) is -3.86. The Kier molecular flexibility index (Phi) is 19.4. The van der Waals surface area contributed by atoms with Crippen LogP contribution in [0.1, 0.15) is 128 Å². The number of carbonyl (C=O) groups excluding carboxylic acids is 7. The van der Waals surface area contributed by atoms with Crippen LogP contribution in [0.4, 0.5) is 0 Å². The third-order valence-corrected chi connectivity index (χ3v) is 9.65. The van der Waals surface area contributed by atoms with Gasteiger partial charge in [-0.25, -0.2) is 0 Å². The molecule has 1 aliphatic heterocycles. The summed E-state index contributed by atoms with van der Waals surface area (Å²) in [4.78, 5) is 95.7. The Morgan fingerprint density at radius 2 is 1.43 bits per heavy atom. The number of benzene rings is 1. The molecule has 16 heteroatoms. The monoisotopic (exact) mass is 859 g/mol. The second-order valence-corrected chi connectivity index (χ2v) is 19.5. The Morgan fingerprint density at radius 1 is 0.820 bits per heavy atom. The first-order valence-corrected chi connectivity index (χ1v) is 21.4. The van der Waals surface area contributed by atoms with Crippen LogP contribution in [0.3, 0.4) is 0 Å². The molecule has 1 fully saturated rings. The van der Waals surface area contributed by atoms with Gasteiger partial charge in [-0.1, -0.05) is 26.0 Å². The minimum atomic E-state index is -1.25. The number of nitrogens with two attached hydrogens (primary N) is 1. The van der Waals surface area contributed by atoms with Gasteiger partial charge in [0.1, 0.15) is 35.1 Å². The molecule has 0 radical (unpaired) electrons. The Hall–Kier alpha value is -4.57. The highest BCUT2D eigenvalue weighted by Crippen LogP contribution is 2.25. The zero-order valence-corrected chi connectivity index (χ0v) is 39.0. The number of ether oxygens (including phenoxy) is 3. The van der Waals surface area contributed by atoms with E-state index in [2.05, 4.69) is 21.3 Å². The van der Waals surface area contributed by atoms with Crippen LogP contribution in [0.25, 0.3) is 0 Å². The van der Waals surface area contributed by atoms with Crippen LogP contribution >= 0.6 is 0 Å². The van der Waals surface area contributed by atoms with Gasteiger partial charge in [-0.05, 0) is 125 Å². The van der Waals surface area contributed by atoms with E-state index in [1.807, 2.05) is 67.5 Å². The molecule has 344 valence electrons. The minimum absolute atomic E-state index is 0.0137. The van der Waals surface area contributed by atoms with Gasteiger partial charge in [0.15, 0.2) is 5.78 Å². The standard InChI is InChI=1S/C45H74N6O10/c1-26(2)23-30(39(55)48-27(3)38(54)47-14)25-35(52)34(19-20-36(53)61-45(11,12)13)51-22-21-33(42(51)58)49-41(57)37(28(4)59-43(5,6)7)50-40(56)32(46)24-29-15-17-31(18-16-29)60-44(8,9)10/h15-18,26-28,30,32-34,37H,19-25,46H2,1-14H3,(H,47,54)(H,48,55)(H,49,57)(H,50,56)/t27-,28-,30+,32-,33-,34-,37?/m1/s1. The molecule has 1 heterocycles. The fourth-order valence-corrected chi connectivity index (χ4v) is 7.06. The summed E-state index contributed by atoms with van der Waals surface area (Å²) < 4.78 is 17.5. The van der Waals surface area contributed by atoms with E-state index in [4.69, 9.17) is 19.9 Å². The molecule has 0 aliphatic carbocycles. The van der Waals surface area contributed by atoms with Gasteiger partial charge < -0.3 is 46.1 Å². The van der Waals surface area contributed by atoms with E-state index >= 15 is 0 Å². The molecule has 2 rings (SSSR count). The highest BCUT2D eigenvalue weighted by atomic mass is 16.6. The number of hydrogen-bond acceptors (Lipinski definition) is 11. The SMILES string of the molecule is CNC(=O)[C@@H](C)NC(=O)[C@H](CC(=O)[C@@H](CCC(=O)OC(C)(C)C)N1CC[C@@H](NC(=O)C(NC(=O)[C@H](N)Cc2ccc(OC(C)(C)C)cc2)[C@@H](C)OC(C)(C)C)C1=O)CC(C)C. The smallest absolute Gasteiger partial charge is 0.306 e. The molecule has 1 saturated heterocycles. The zero-order valence-electron chi connectivity index (χ0n) is 39.0. The summed E-state index contributed by atoms with van der Waals surface area (Å²) in [5, 5.41) is 10.7. The summed E-state index contributed by atoms with van der Waals surface area (Å²) in [5.41, 5.74) is 5.27. The second kappa shape index (κ2) is 22.5. The summed E-state index contributed by atoms with van der Waals surface area (Å²) in [6.07, 6.45) is -0.743. The molecule has 61 heavy (non-hydrogen) atoms. The number of likely N-dealkylation sites (N-methyl/N-ethyl adjacent to an activating group) is 1. The van der Waals surface area contributed by atoms with Crippen molar-refractivity contribution in [3.63, 3.8) is 0 Å². The predicted molar refractivity (Wildman–Crippen MR) is 232 cm³/mol. The number of nitrogens with zero attached hydrogens (tertiary/aromatic N) is 1. The lowest BCUT2D eigenvalue weighted by molar-refractivity contribution is -0.155. The number of hydrogen-bond donors (Lipinski definition) is 5. The van der Waals surface area contributed by atoms with Crippen LogP contribution in [-0.4, -0.2) is 113 Å². The van der Waals surface area contributed by atoms with Crippen molar-refractivity contribution < 1.29 is 47.8 Å². The molecule has 6 N–H and O–H groups in total. The lowest BCUT2D eigenvalue weighted by Crippen LogP contribution is -2.59. The van der Waals surface area contributed by atoms with E-state index in [0.717, 1.165) is 5.56 Å². The molecule has 1 unspecified atom stereocenters. The van der Waals surface area contributed by atoms with E-state index in [9.17, 15) is 33.6 Å². The zero-order chi connectivity index (χ0) is 46.6. The molecule has 7 atom stereocenters. The average molecular weight is 859 g/mol. The summed E-state index contributed by atoms with van der Waals surface area (Å²) in [6, 6.07) is 1.92. The van der Waals surface area contributed by atoms with Crippen LogP contribution in [0.15, 0.2) is 24.3 Å². The van der Waals surface area contributed by atoms with E-state index < -0.39 is 94.7 Å². The number of Topliss-reactive ketones (excluding diaryl/α,β-unsaturated/α-hetero) is 1. The molecular formula is C45H74N6O10. The third-order valence-electron chi connectivity index (χ3n) is 9.65. The number of amides is 5. The van der Waals surface area contributed by atoms with Gasteiger partial charge in [0.25, 0.3) is 0 Å². The van der Waals surface area contributed by atoms with Crippen LogP contribution in [0.2, 0.25) is 0 Å². The first-order valence-electron chi connectivity index (χ1n) is 21.4. The van der Waals surface area contributed by atoms with Crippen molar-refractivity contribution in [3.05, 3.63) is 29.8 Å². The molecular weight excluding hydrogens is 785 g/mol. The largest absolute Gasteiger partial charge is 0.488 e. The Bertz CT molecular complexity index is 1680. The minimum Gasteiger partial charge on any atom is -0.488 e. The van der Waals surface area contributed by atoms with Crippen molar-refractivity contribution in [1.82, 2.24) is 26.2 Å². The average Bonchev–Trinajstić information content (AvgIpc) is 3.46. The molecule has 0 bridgehead atoms. The van der Waals surface area contributed by atoms with E-state index in [1.165, 1.54) is 18.9 Å². The maximum absolute atomic E-state index is 14.2. The van der Waals surface area contributed by atoms with Gasteiger partial charge in [-0.15, -0.1) is 0 Å². The normalized spacial score (nSPS) is 17.7. The lowest BCUT2D eigenvalue weighted by Gasteiger charge is -2.32. The van der Waals surface area contributed by atoms with Gasteiger partial charge >= 0.3 is 5.97 Å². The van der Waals surface area contributed by atoms with Crippen LogP contribution in [0, 0.1) is 11.8 Å². The van der Waals surface area contributed by atoms with Crippen LogP contribution in [-0.2, 0) is 49.5 Å². The lowest BCUT2D eigenvalue weighted by atomic mass is 9.88. The summed E-state index contributed by atoms with van der Waals surface area (Å²) in [6.45, 7) is 23.5. The van der Waals surface area contributed by atoms with E-state index in [-0.39, 0.29) is 50.2 Å². The number of nitrogens with one attached hydrogen (secondary N) is 4. The Balaban J connectivity index is 2.33. The van der Waals surface area contributed by atoms with Gasteiger partial charge in [0.05, 0.1) is 23.8 Å². The van der Waals surface area contributed by atoms with Crippen LogP contribution < -0.4 is 31.7 Å². The molecule has 5 amide bonds. The summed E-state index contributed by atoms with van der Waals surface area (Å²) in [7, 11) is 1.45. The predicted octanol–water partition coefficient (Wildman–Crippen LogP) is 3.50. The summed E-state index contributed by atoms with van der Waals surface area (Å²) >= 11 is 0. The molecule has 1 aromatic rings.